The van der Waals surface area contributed by atoms with Crippen molar-refractivity contribution in [1.82, 2.24) is 5.32 Å². The summed E-state index contributed by atoms with van der Waals surface area (Å²) in [4.78, 5) is 0. The smallest absolute Gasteiger partial charge is 0.134 e. The predicted molar refractivity (Wildman–Crippen MR) is 90.4 cm³/mol. The fourth-order valence-corrected chi connectivity index (χ4v) is 2.02. The maximum absolute atomic E-state index is 5.88. The van der Waals surface area contributed by atoms with Crippen molar-refractivity contribution >= 4 is 28.3 Å². The Morgan fingerprint density at radius 1 is 1.15 bits per heavy atom. The topological polar surface area (TPSA) is 25.2 Å². The van der Waals surface area contributed by atoms with Crippen LogP contribution in [0, 0.1) is 6.92 Å². The fraction of sp³-hybridized carbons (Fsp3) is 0.375. The number of rotatable bonds is 3. The first-order valence-corrected chi connectivity index (χ1v) is 7.25. The summed E-state index contributed by atoms with van der Waals surface area (Å²) in [5.74, 6) is 1.88. The van der Waals surface area contributed by atoms with Gasteiger partial charge in [-0.25, -0.2) is 0 Å². The summed E-state index contributed by atoms with van der Waals surface area (Å²) >= 11 is 3.51. The summed E-state index contributed by atoms with van der Waals surface area (Å²) < 4.78 is 7.00. The zero-order chi connectivity index (χ0) is 14.0. The van der Waals surface area contributed by atoms with Crippen molar-refractivity contribution in [3.63, 3.8) is 0 Å². The zero-order valence-corrected chi connectivity index (χ0v) is 14.7. The number of nitrogens with one attached hydrogen (secondary N) is 1. The first kappa shape index (κ1) is 17.3. The van der Waals surface area contributed by atoms with Crippen LogP contribution in [0.5, 0.6) is 0 Å². The van der Waals surface area contributed by atoms with Gasteiger partial charge in [-0.15, -0.1) is 12.4 Å². The molecule has 0 radical (unpaired) electrons. The number of benzene rings is 1. The quantitative estimate of drug-likeness (QED) is 0.802. The highest BCUT2D eigenvalue weighted by Gasteiger charge is 2.11. The molecule has 2 aromatic rings. The van der Waals surface area contributed by atoms with Gasteiger partial charge in [0.15, 0.2) is 0 Å². The van der Waals surface area contributed by atoms with E-state index in [9.17, 15) is 0 Å². The summed E-state index contributed by atoms with van der Waals surface area (Å²) in [7, 11) is 0. The second-order valence-electron chi connectivity index (χ2n) is 5.83. The highest BCUT2D eigenvalue weighted by molar-refractivity contribution is 9.10. The van der Waals surface area contributed by atoms with Gasteiger partial charge in [-0.05, 0) is 57.5 Å². The first-order chi connectivity index (χ1) is 8.85. The van der Waals surface area contributed by atoms with E-state index in [0.29, 0.717) is 0 Å². The van der Waals surface area contributed by atoms with E-state index in [-0.39, 0.29) is 17.9 Å². The second kappa shape index (κ2) is 6.79. The molecule has 2 nitrogen and oxygen atoms in total. The molecule has 0 saturated heterocycles. The van der Waals surface area contributed by atoms with Crippen LogP contribution in [-0.2, 0) is 6.54 Å². The van der Waals surface area contributed by atoms with Gasteiger partial charge < -0.3 is 9.73 Å². The van der Waals surface area contributed by atoms with Crippen LogP contribution in [0.25, 0.3) is 11.3 Å². The van der Waals surface area contributed by atoms with Gasteiger partial charge in [0.05, 0.1) is 6.54 Å². The van der Waals surface area contributed by atoms with E-state index in [0.717, 1.165) is 28.1 Å². The molecule has 110 valence electrons. The number of furan rings is 1. The lowest BCUT2D eigenvalue weighted by molar-refractivity contribution is 0.391. The summed E-state index contributed by atoms with van der Waals surface area (Å²) in [6.07, 6.45) is 0. The second-order valence-corrected chi connectivity index (χ2v) is 6.69. The van der Waals surface area contributed by atoms with Crippen molar-refractivity contribution in [2.45, 2.75) is 39.8 Å². The van der Waals surface area contributed by atoms with Gasteiger partial charge in [0, 0.05) is 15.6 Å². The van der Waals surface area contributed by atoms with Gasteiger partial charge in [0.25, 0.3) is 0 Å². The molecule has 0 spiro atoms. The Morgan fingerprint density at radius 3 is 2.45 bits per heavy atom. The number of hydrogen-bond donors (Lipinski definition) is 1. The minimum absolute atomic E-state index is 0. The molecule has 20 heavy (non-hydrogen) atoms. The molecule has 0 aliphatic heterocycles. The van der Waals surface area contributed by atoms with E-state index in [1.165, 1.54) is 5.56 Å². The molecule has 0 saturated carbocycles. The molecule has 1 N–H and O–H groups in total. The van der Waals surface area contributed by atoms with Gasteiger partial charge in [0.2, 0.25) is 0 Å². The highest BCUT2D eigenvalue weighted by atomic mass is 79.9. The van der Waals surface area contributed by atoms with Crippen molar-refractivity contribution in [3.8, 4) is 11.3 Å². The van der Waals surface area contributed by atoms with Crippen LogP contribution >= 0.6 is 28.3 Å². The van der Waals surface area contributed by atoms with Crippen LogP contribution < -0.4 is 5.32 Å². The maximum atomic E-state index is 5.88. The summed E-state index contributed by atoms with van der Waals surface area (Å²) in [5, 5.41) is 3.42. The molecule has 0 unspecified atom stereocenters. The third kappa shape index (κ3) is 4.65. The van der Waals surface area contributed by atoms with Crippen LogP contribution in [-0.4, -0.2) is 5.54 Å². The number of hydrogen-bond acceptors (Lipinski definition) is 2. The predicted octanol–water partition coefficient (Wildman–Crippen LogP) is 5.33. The fourth-order valence-electron chi connectivity index (χ4n) is 1.78. The Labute approximate surface area is 135 Å². The van der Waals surface area contributed by atoms with Crippen LogP contribution in [0.2, 0.25) is 0 Å². The van der Waals surface area contributed by atoms with Gasteiger partial charge in [-0.3, -0.25) is 0 Å². The zero-order valence-electron chi connectivity index (χ0n) is 12.3. The number of aryl methyl sites for hydroxylation is 1. The molecule has 0 fully saturated rings. The van der Waals surface area contributed by atoms with E-state index in [1.54, 1.807) is 0 Å². The summed E-state index contributed by atoms with van der Waals surface area (Å²) in [6, 6.07) is 10.3. The Kier molecular flexibility index (Phi) is 5.87. The number of halogens is 2. The van der Waals surface area contributed by atoms with Crippen molar-refractivity contribution < 1.29 is 4.42 Å². The van der Waals surface area contributed by atoms with Gasteiger partial charge in [-0.1, -0.05) is 22.0 Å². The van der Waals surface area contributed by atoms with Crippen molar-refractivity contribution in [2.24, 2.45) is 0 Å². The van der Waals surface area contributed by atoms with Crippen molar-refractivity contribution in [1.29, 1.82) is 0 Å². The van der Waals surface area contributed by atoms with Crippen LogP contribution in [0.3, 0.4) is 0 Å². The standard InChI is InChI=1S/C16H20BrNO.ClH/c1-11-9-12(5-7-14(11)17)15-8-6-13(19-15)10-18-16(2,3)4;/h5-9,18H,10H2,1-4H3;1H. The van der Waals surface area contributed by atoms with Crippen LogP contribution in [0.4, 0.5) is 0 Å². The third-order valence-electron chi connectivity index (χ3n) is 2.90. The average Bonchev–Trinajstić information content (AvgIpc) is 2.78. The Balaban J connectivity index is 0.00000200. The lowest BCUT2D eigenvalue weighted by Gasteiger charge is -2.19. The molecule has 2 rings (SSSR count). The molecule has 1 aromatic carbocycles. The Hall–Kier alpha value is -0.770. The maximum Gasteiger partial charge on any atom is 0.134 e. The third-order valence-corrected chi connectivity index (χ3v) is 3.79. The molecular weight excluding hydrogens is 338 g/mol. The molecule has 1 aromatic heterocycles. The molecule has 0 bridgehead atoms. The van der Waals surface area contributed by atoms with E-state index in [4.69, 9.17) is 4.42 Å². The molecule has 1 heterocycles. The molecular formula is C16H21BrClNO. The molecule has 0 atom stereocenters. The van der Waals surface area contributed by atoms with E-state index >= 15 is 0 Å². The van der Waals surface area contributed by atoms with Crippen LogP contribution in [0.15, 0.2) is 39.2 Å². The average molecular weight is 359 g/mol. The Morgan fingerprint density at radius 2 is 1.85 bits per heavy atom. The normalized spacial score (nSPS) is 11.2. The summed E-state index contributed by atoms with van der Waals surface area (Å²) in [6.45, 7) is 9.27. The largest absolute Gasteiger partial charge is 0.460 e. The van der Waals surface area contributed by atoms with Crippen molar-refractivity contribution in [3.05, 3.63) is 46.1 Å². The first-order valence-electron chi connectivity index (χ1n) is 6.45. The molecule has 0 aliphatic rings. The minimum Gasteiger partial charge on any atom is -0.460 e. The minimum atomic E-state index is 0. The van der Waals surface area contributed by atoms with Crippen molar-refractivity contribution in [2.75, 3.05) is 0 Å². The van der Waals surface area contributed by atoms with Gasteiger partial charge >= 0.3 is 0 Å². The SMILES string of the molecule is Cc1cc(-c2ccc(CNC(C)(C)C)o2)ccc1Br.Cl. The van der Waals surface area contributed by atoms with E-state index in [2.05, 4.69) is 67.1 Å². The Bertz CT molecular complexity index is 572. The van der Waals surface area contributed by atoms with Crippen LogP contribution in [0.1, 0.15) is 32.1 Å². The monoisotopic (exact) mass is 357 g/mol. The molecule has 4 heteroatoms. The van der Waals surface area contributed by atoms with E-state index in [1.807, 2.05) is 12.1 Å². The molecule has 0 aliphatic carbocycles. The summed E-state index contributed by atoms with van der Waals surface area (Å²) in [5.41, 5.74) is 2.42. The van der Waals surface area contributed by atoms with Gasteiger partial charge in [-0.2, -0.15) is 0 Å². The lowest BCUT2D eigenvalue weighted by atomic mass is 10.1. The molecule has 0 amide bonds. The van der Waals surface area contributed by atoms with Gasteiger partial charge in [0.1, 0.15) is 11.5 Å². The van der Waals surface area contributed by atoms with E-state index < -0.39 is 0 Å². The highest BCUT2D eigenvalue weighted by Crippen LogP contribution is 2.26. The lowest BCUT2D eigenvalue weighted by Crippen LogP contribution is -2.34.